The zero-order valence-electron chi connectivity index (χ0n) is 14.1. The van der Waals surface area contributed by atoms with Gasteiger partial charge in [0, 0.05) is 19.2 Å². The molecule has 3 rings (SSSR count). The van der Waals surface area contributed by atoms with Crippen molar-refractivity contribution in [2.75, 3.05) is 13.2 Å². The van der Waals surface area contributed by atoms with Crippen molar-refractivity contribution in [2.45, 2.75) is 24.7 Å². The predicted octanol–water partition coefficient (Wildman–Crippen LogP) is 2.64. The first-order valence-corrected chi connectivity index (χ1v) is 9.72. The molecule has 1 aromatic carbocycles. The lowest BCUT2D eigenvalue weighted by Gasteiger charge is -2.08. The lowest BCUT2D eigenvalue weighted by atomic mass is 10.3. The van der Waals surface area contributed by atoms with E-state index >= 15 is 0 Å². The first-order valence-electron chi connectivity index (χ1n) is 8.23. The monoisotopic (exact) mass is 359 g/mol. The van der Waals surface area contributed by atoms with Gasteiger partial charge in [0.25, 0.3) is 0 Å². The van der Waals surface area contributed by atoms with Crippen LogP contribution in [0, 0.1) is 0 Å². The van der Waals surface area contributed by atoms with Crippen molar-refractivity contribution in [3.8, 4) is 5.75 Å². The summed E-state index contributed by atoms with van der Waals surface area (Å²) < 4.78 is 34.6. The number of rotatable bonds is 8. The maximum absolute atomic E-state index is 12.3. The second-order valence-corrected chi connectivity index (χ2v) is 7.34. The molecule has 3 aromatic rings. The van der Waals surface area contributed by atoms with E-state index in [1.807, 2.05) is 41.9 Å². The minimum atomic E-state index is -3.51. The number of pyridine rings is 1. The number of ether oxygens (including phenoxy) is 1. The third-order valence-corrected chi connectivity index (χ3v) is 5.31. The SMILES string of the molecule is CCOc1ccc(S(=O)(=O)NCCCc2ncc3ccccn23)cc1. The standard InChI is InChI=1S/C18H21N3O3S/c1-2-24-16-8-10-17(11-9-16)25(22,23)20-12-5-7-18-19-14-15-6-3-4-13-21(15)18/h3-4,6,8-11,13-14,20H,2,5,7,12H2,1H3. The van der Waals surface area contributed by atoms with Crippen molar-refractivity contribution in [1.82, 2.24) is 14.1 Å². The zero-order valence-corrected chi connectivity index (χ0v) is 14.9. The molecule has 0 aliphatic heterocycles. The van der Waals surface area contributed by atoms with Crippen LogP contribution in [-0.4, -0.2) is 31.0 Å². The molecule has 0 radical (unpaired) electrons. The van der Waals surface area contributed by atoms with Gasteiger partial charge in [-0.2, -0.15) is 0 Å². The molecule has 0 saturated heterocycles. The van der Waals surface area contributed by atoms with Gasteiger partial charge >= 0.3 is 0 Å². The molecule has 0 amide bonds. The van der Waals surface area contributed by atoms with Gasteiger partial charge in [0.15, 0.2) is 0 Å². The number of nitrogens with one attached hydrogen (secondary N) is 1. The predicted molar refractivity (Wildman–Crippen MR) is 96.3 cm³/mol. The lowest BCUT2D eigenvalue weighted by molar-refractivity contribution is 0.340. The topological polar surface area (TPSA) is 72.7 Å². The summed E-state index contributed by atoms with van der Waals surface area (Å²) in [5.74, 6) is 1.59. The fraction of sp³-hybridized carbons (Fsp3) is 0.278. The van der Waals surface area contributed by atoms with E-state index in [-0.39, 0.29) is 4.90 Å². The second-order valence-electron chi connectivity index (χ2n) is 5.58. The van der Waals surface area contributed by atoms with Crippen LogP contribution in [0.25, 0.3) is 5.52 Å². The molecule has 0 saturated carbocycles. The number of hydrogen-bond donors (Lipinski definition) is 1. The highest BCUT2D eigenvalue weighted by Crippen LogP contribution is 2.16. The van der Waals surface area contributed by atoms with E-state index in [1.165, 1.54) is 0 Å². The van der Waals surface area contributed by atoms with Gasteiger partial charge in [-0.3, -0.25) is 0 Å². The molecule has 0 unspecified atom stereocenters. The van der Waals surface area contributed by atoms with Crippen LogP contribution in [0.15, 0.2) is 59.8 Å². The van der Waals surface area contributed by atoms with E-state index in [1.54, 1.807) is 24.3 Å². The lowest BCUT2D eigenvalue weighted by Crippen LogP contribution is -2.25. The summed E-state index contributed by atoms with van der Waals surface area (Å²) in [5, 5.41) is 0. The highest BCUT2D eigenvalue weighted by Gasteiger charge is 2.13. The van der Waals surface area contributed by atoms with Gasteiger partial charge in [-0.05, 0) is 49.7 Å². The van der Waals surface area contributed by atoms with E-state index < -0.39 is 10.0 Å². The Morgan fingerprint density at radius 1 is 1.16 bits per heavy atom. The van der Waals surface area contributed by atoms with Crippen molar-refractivity contribution in [1.29, 1.82) is 0 Å². The average Bonchev–Trinajstić information content (AvgIpc) is 3.03. The van der Waals surface area contributed by atoms with E-state index in [0.29, 0.717) is 31.7 Å². The molecule has 0 spiro atoms. The molecule has 2 aromatic heterocycles. The van der Waals surface area contributed by atoms with E-state index in [2.05, 4.69) is 9.71 Å². The number of sulfonamides is 1. The van der Waals surface area contributed by atoms with Crippen LogP contribution < -0.4 is 9.46 Å². The molecule has 6 nitrogen and oxygen atoms in total. The van der Waals surface area contributed by atoms with Crippen LogP contribution in [0.5, 0.6) is 5.75 Å². The van der Waals surface area contributed by atoms with Crippen LogP contribution in [0.3, 0.4) is 0 Å². The summed E-state index contributed by atoms with van der Waals surface area (Å²) in [4.78, 5) is 4.62. The molecule has 7 heteroatoms. The molecule has 0 aliphatic carbocycles. The summed E-state index contributed by atoms with van der Waals surface area (Å²) in [6.07, 6.45) is 5.15. The number of aromatic nitrogens is 2. The van der Waals surface area contributed by atoms with Crippen LogP contribution in [-0.2, 0) is 16.4 Å². The third kappa shape index (κ3) is 4.18. The fourth-order valence-corrected chi connectivity index (χ4v) is 3.68. The van der Waals surface area contributed by atoms with Crippen LogP contribution >= 0.6 is 0 Å². The normalized spacial score (nSPS) is 11.7. The summed E-state index contributed by atoms with van der Waals surface area (Å²) in [6.45, 7) is 2.79. The van der Waals surface area contributed by atoms with E-state index in [4.69, 9.17) is 4.74 Å². The van der Waals surface area contributed by atoms with Gasteiger partial charge in [0.2, 0.25) is 10.0 Å². The summed E-state index contributed by atoms with van der Waals surface area (Å²) in [6, 6.07) is 12.3. The third-order valence-electron chi connectivity index (χ3n) is 3.83. The molecule has 25 heavy (non-hydrogen) atoms. The van der Waals surface area contributed by atoms with Crippen LogP contribution in [0.1, 0.15) is 19.2 Å². The Morgan fingerprint density at radius 3 is 2.72 bits per heavy atom. The average molecular weight is 359 g/mol. The maximum Gasteiger partial charge on any atom is 0.240 e. The largest absolute Gasteiger partial charge is 0.494 e. The molecule has 0 bridgehead atoms. The number of hydrogen-bond acceptors (Lipinski definition) is 4. The Labute approximate surface area is 147 Å². The Kier molecular flexibility index (Phi) is 5.35. The fourth-order valence-electron chi connectivity index (χ4n) is 2.60. The number of aryl methyl sites for hydroxylation is 1. The van der Waals surface area contributed by atoms with Gasteiger partial charge < -0.3 is 9.14 Å². The van der Waals surface area contributed by atoms with Gasteiger partial charge in [-0.1, -0.05) is 6.07 Å². The zero-order chi connectivity index (χ0) is 17.7. The highest BCUT2D eigenvalue weighted by atomic mass is 32.2. The molecule has 132 valence electrons. The van der Waals surface area contributed by atoms with Gasteiger partial charge in [0.05, 0.1) is 23.2 Å². The molecule has 0 fully saturated rings. The molecular weight excluding hydrogens is 338 g/mol. The van der Waals surface area contributed by atoms with Gasteiger partial charge in [-0.25, -0.2) is 18.1 Å². The minimum Gasteiger partial charge on any atom is -0.494 e. The maximum atomic E-state index is 12.3. The van der Waals surface area contributed by atoms with Crippen LogP contribution in [0.4, 0.5) is 0 Å². The van der Waals surface area contributed by atoms with Crippen molar-refractivity contribution in [3.05, 3.63) is 60.7 Å². The Hall–Kier alpha value is -2.38. The van der Waals surface area contributed by atoms with E-state index in [0.717, 1.165) is 11.3 Å². The first-order chi connectivity index (χ1) is 12.1. The number of fused-ring (bicyclic) bond motifs is 1. The minimum absolute atomic E-state index is 0.238. The summed E-state index contributed by atoms with van der Waals surface area (Å²) >= 11 is 0. The van der Waals surface area contributed by atoms with Gasteiger partial charge in [-0.15, -0.1) is 0 Å². The highest BCUT2D eigenvalue weighted by molar-refractivity contribution is 7.89. The molecule has 0 aliphatic rings. The van der Waals surface area contributed by atoms with Gasteiger partial charge in [0.1, 0.15) is 11.6 Å². The number of benzene rings is 1. The molecular formula is C18H21N3O3S. The van der Waals surface area contributed by atoms with Crippen molar-refractivity contribution >= 4 is 15.5 Å². The Bertz CT molecular complexity index is 934. The molecule has 2 heterocycles. The second kappa shape index (κ2) is 7.67. The smallest absolute Gasteiger partial charge is 0.240 e. The quantitative estimate of drug-likeness (QED) is 0.628. The van der Waals surface area contributed by atoms with Crippen molar-refractivity contribution in [2.24, 2.45) is 0 Å². The van der Waals surface area contributed by atoms with Crippen LogP contribution in [0.2, 0.25) is 0 Å². The van der Waals surface area contributed by atoms with Crippen molar-refractivity contribution in [3.63, 3.8) is 0 Å². The summed E-state index contributed by atoms with van der Waals surface area (Å²) in [5.41, 5.74) is 1.03. The Morgan fingerprint density at radius 2 is 1.96 bits per heavy atom. The number of nitrogens with zero attached hydrogens (tertiary/aromatic N) is 2. The molecule has 1 N–H and O–H groups in total. The summed E-state index contributed by atoms with van der Waals surface area (Å²) in [7, 11) is -3.51. The number of imidazole rings is 1. The molecule has 0 atom stereocenters. The Balaban J connectivity index is 1.55. The van der Waals surface area contributed by atoms with E-state index in [9.17, 15) is 8.42 Å². The van der Waals surface area contributed by atoms with Crippen molar-refractivity contribution < 1.29 is 13.2 Å². The first kappa shape index (κ1) is 17.4.